The molecule has 2 rings (SSSR count). The molecule has 1 heterocycles. The van der Waals surface area contributed by atoms with Gasteiger partial charge in [0.1, 0.15) is 11.9 Å². The molecule has 4 nitrogen and oxygen atoms in total. The van der Waals surface area contributed by atoms with Crippen LogP contribution in [-0.2, 0) is 11.3 Å². The largest absolute Gasteiger partial charge is 0.379 e. The van der Waals surface area contributed by atoms with Crippen molar-refractivity contribution in [1.29, 1.82) is 5.26 Å². The molecular formula is C12H14FN3O. The third kappa shape index (κ3) is 3.24. The van der Waals surface area contributed by atoms with Gasteiger partial charge in [-0.15, -0.1) is 0 Å². The molecule has 0 bridgehead atoms. The molecule has 0 radical (unpaired) electrons. The molecule has 1 fully saturated rings. The summed E-state index contributed by atoms with van der Waals surface area (Å²) < 4.78 is 18.3. The van der Waals surface area contributed by atoms with E-state index in [1.54, 1.807) is 12.1 Å². The first-order valence-electron chi connectivity index (χ1n) is 5.54. The lowest BCUT2D eigenvalue weighted by Crippen LogP contribution is -2.45. The lowest BCUT2D eigenvalue weighted by atomic mass is 10.1. The molecule has 5 heteroatoms. The van der Waals surface area contributed by atoms with E-state index >= 15 is 0 Å². The zero-order chi connectivity index (χ0) is 12.1. The molecule has 17 heavy (non-hydrogen) atoms. The molecule has 1 aliphatic rings. The molecule has 1 aliphatic heterocycles. The fourth-order valence-corrected chi connectivity index (χ4v) is 1.69. The number of nitrogens with one attached hydrogen (secondary N) is 1. The van der Waals surface area contributed by atoms with E-state index in [9.17, 15) is 4.39 Å². The summed E-state index contributed by atoms with van der Waals surface area (Å²) in [5.74, 6) is -0.470. The van der Waals surface area contributed by atoms with Gasteiger partial charge in [-0.3, -0.25) is 5.43 Å². The number of rotatable bonds is 3. The van der Waals surface area contributed by atoms with Crippen molar-refractivity contribution in [2.24, 2.45) is 0 Å². The monoisotopic (exact) mass is 235 g/mol. The Bertz CT molecular complexity index is 424. The molecule has 0 atom stereocenters. The van der Waals surface area contributed by atoms with Gasteiger partial charge in [0.2, 0.25) is 0 Å². The molecule has 0 spiro atoms. The Morgan fingerprint density at radius 2 is 2.18 bits per heavy atom. The van der Waals surface area contributed by atoms with Crippen molar-refractivity contribution in [1.82, 2.24) is 10.4 Å². The Hall–Kier alpha value is -1.48. The van der Waals surface area contributed by atoms with Gasteiger partial charge < -0.3 is 4.74 Å². The summed E-state index contributed by atoms with van der Waals surface area (Å²) in [4.78, 5) is 0. The van der Waals surface area contributed by atoms with Crippen molar-refractivity contribution in [3.63, 3.8) is 0 Å². The fourth-order valence-electron chi connectivity index (χ4n) is 1.69. The molecule has 1 N–H and O–H groups in total. The maximum Gasteiger partial charge on any atom is 0.140 e. The van der Waals surface area contributed by atoms with Crippen molar-refractivity contribution in [2.75, 3.05) is 26.3 Å². The summed E-state index contributed by atoms with van der Waals surface area (Å²) in [6.07, 6.45) is 0. The first kappa shape index (κ1) is 12.0. The van der Waals surface area contributed by atoms with Crippen molar-refractivity contribution in [3.05, 3.63) is 35.1 Å². The topological polar surface area (TPSA) is 48.3 Å². The SMILES string of the molecule is N#Cc1cc(CNN2CCOCC2)ccc1F. The van der Waals surface area contributed by atoms with Gasteiger partial charge in [-0.05, 0) is 17.7 Å². The van der Waals surface area contributed by atoms with Gasteiger partial charge in [0, 0.05) is 19.6 Å². The number of benzene rings is 1. The van der Waals surface area contributed by atoms with E-state index in [4.69, 9.17) is 10.00 Å². The van der Waals surface area contributed by atoms with E-state index in [-0.39, 0.29) is 5.56 Å². The van der Waals surface area contributed by atoms with Gasteiger partial charge in [0.15, 0.2) is 0 Å². The van der Waals surface area contributed by atoms with E-state index < -0.39 is 5.82 Å². The second kappa shape index (κ2) is 5.73. The lowest BCUT2D eigenvalue weighted by Gasteiger charge is -2.27. The van der Waals surface area contributed by atoms with Crippen LogP contribution < -0.4 is 5.43 Å². The average molecular weight is 235 g/mol. The van der Waals surface area contributed by atoms with Crippen LogP contribution in [-0.4, -0.2) is 31.3 Å². The number of hydrogen-bond acceptors (Lipinski definition) is 4. The van der Waals surface area contributed by atoms with Crippen LogP contribution in [0.15, 0.2) is 18.2 Å². The third-order valence-corrected chi connectivity index (χ3v) is 2.67. The van der Waals surface area contributed by atoms with Crippen molar-refractivity contribution in [3.8, 4) is 6.07 Å². The molecule has 0 aliphatic carbocycles. The van der Waals surface area contributed by atoms with Gasteiger partial charge in [-0.1, -0.05) is 6.07 Å². The van der Waals surface area contributed by atoms with E-state index in [0.717, 1.165) is 31.9 Å². The first-order chi connectivity index (χ1) is 8.29. The second-order valence-corrected chi connectivity index (χ2v) is 3.86. The first-order valence-corrected chi connectivity index (χ1v) is 5.54. The van der Waals surface area contributed by atoms with Crippen LogP contribution in [0, 0.1) is 17.1 Å². The quantitative estimate of drug-likeness (QED) is 0.850. The Morgan fingerprint density at radius 3 is 2.88 bits per heavy atom. The zero-order valence-electron chi connectivity index (χ0n) is 9.45. The highest BCUT2D eigenvalue weighted by Gasteiger charge is 2.09. The molecule has 1 saturated heterocycles. The summed E-state index contributed by atoms with van der Waals surface area (Å²) in [6.45, 7) is 3.72. The molecule has 1 aromatic rings. The summed E-state index contributed by atoms with van der Waals surface area (Å²) >= 11 is 0. The molecule has 0 aromatic heterocycles. The highest BCUT2D eigenvalue weighted by atomic mass is 19.1. The van der Waals surface area contributed by atoms with Crippen molar-refractivity contribution >= 4 is 0 Å². The van der Waals surface area contributed by atoms with Crippen LogP contribution in [0.3, 0.4) is 0 Å². The number of ether oxygens (including phenoxy) is 1. The van der Waals surface area contributed by atoms with Crippen molar-refractivity contribution < 1.29 is 9.13 Å². The zero-order valence-corrected chi connectivity index (χ0v) is 9.45. The second-order valence-electron chi connectivity index (χ2n) is 3.86. The number of hydrazine groups is 1. The average Bonchev–Trinajstić information content (AvgIpc) is 2.39. The lowest BCUT2D eigenvalue weighted by molar-refractivity contribution is 0.0106. The molecule has 1 aromatic carbocycles. The number of nitriles is 1. The van der Waals surface area contributed by atoms with Gasteiger partial charge in [-0.25, -0.2) is 9.40 Å². The Kier molecular flexibility index (Phi) is 4.04. The summed E-state index contributed by atoms with van der Waals surface area (Å²) in [7, 11) is 0. The van der Waals surface area contributed by atoms with Crippen LogP contribution >= 0.6 is 0 Å². The highest BCUT2D eigenvalue weighted by Crippen LogP contribution is 2.09. The Labute approximate surface area is 99.6 Å². The van der Waals surface area contributed by atoms with E-state index in [1.807, 2.05) is 6.07 Å². The minimum Gasteiger partial charge on any atom is -0.379 e. The van der Waals surface area contributed by atoms with Gasteiger partial charge in [0.05, 0.1) is 18.8 Å². The van der Waals surface area contributed by atoms with Crippen LogP contribution in [0.2, 0.25) is 0 Å². The van der Waals surface area contributed by atoms with E-state index in [0.29, 0.717) is 6.54 Å². The maximum absolute atomic E-state index is 13.1. The maximum atomic E-state index is 13.1. The predicted molar refractivity (Wildman–Crippen MR) is 60.3 cm³/mol. The third-order valence-electron chi connectivity index (χ3n) is 2.67. The smallest absolute Gasteiger partial charge is 0.140 e. The number of morpholine rings is 1. The van der Waals surface area contributed by atoms with Crippen LogP contribution in [0.5, 0.6) is 0 Å². The van der Waals surface area contributed by atoms with Crippen LogP contribution in [0.25, 0.3) is 0 Å². The molecule has 0 unspecified atom stereocenters. The molecule has 0 saturated carbocycles. The number of halogens is 1. The summed E-state index contributed by atoms with van der Waals surface area (Å²) in [5.41, 5.74) is 4.22. The highest BCUT2D eigenvalue weighted by molar-refractivity contribution is 5.34. The normalized spacial score (nSPS) is 16.7. The molecule has 0 amide bonds. The van der Waals surface area contributed by atoms with Gasteiger partial charge in [-0.2, -0.15) is 5.26 Å². The van der Waals surface area contributed by atoms with E-state index in [2.05, 4.69) is 10.4 Å². The summed E-state index contributed by atoms with van der Waals surface area (Å²) in [5, 5.41) is 10.8. The van der Waals surface area contributed by atoms with Crippen LogP contribution in [0.4, 0.5) is 4.39 Å². The Balaban J connectivity index is 1.92. The van der Waals surface area contributed by atoms with Gasteiger partial charge >= 0.3 is 0 Å². The predicted octanol–water partition coefficient (Wildman–Crippen LogP) is 1.03. The van der Waals surface area contributed by atoms with E-state index in [1.165, 1.54) is 6.07 Å². The minimum absolute atomic E-state index is 0.0891. The van der Waals surface area contributed by atoms with Crippen molar-refractivity contribution in [2.45, 2.75) is 6.54 Å². The Morgan fingerprint density at radius 1 is 1.41 bits per heavy atom. The molecular weight excluding hydrogens is 221 g/mol. The fraction of sp³-hybridized carbons (Fsp3) is 0.417. The molecule has 90 valence electrons. The minimum atomic E-state index is -0.470. The van der Waals surface area contributed by atoms with Gasteiger partial charge in [0.25, 0.3) is 0 Å². The number of nitrogens with zero attached hydrogens (tertiary/aromatic N) is 2. The standard InChI is InChI=1S/C12H14FN3O/c13-12-2-1-10(7-11(12)8-14)9-15-16-3-5-17-6-4-16/h1-2,7,15H,3-6,9H2. The number of hydrogen-bond donors (Lipinski definition) is 1. The summed E-state index contributed by atoms with van der Waals surface area (Å²) in [6, 6.07) is 6.42. The van der Waals surface area contributed by atoms with Crippen LogP contribution in [0.1, 0.15) is 11.1 Å².